The van der Waals surface area contributed by atoms with Crippen molar-refractivity contribution in [2.24, 2.45) is 0 Å². The summed E-state index contributed by atoms with van der Waals surface area (Å²) >= 11 is 1.80. The van der Waals surface area contributed by atoms with Crippen LogP contribution in [0.3, 0.4) is 0 Å². The minimum absolute atomic E-state index is 0.138. The number of anilines is 2. The molecule has 3 heteroatoms. The zero-order valence-corrected chi connectivity index (χ0v) is 11.1. The van der Waals surface area contributed by atoms with E-state index in [1.165, 1.54) is 4.88 Å². The lowest BCUT2D eigenvalue weighted by atomic mass is 9.91. The molecular formula is C14H18N2S. The highest BCUT2D eigenvalue weighted by molar-refractivity contribution is 7.10. The van der Waals surface area contributed by atoms with Crippen molar-refractivity contribution in [3.63, 3.8) is 0 Å². The van der Waals surface area contributed by atoms with E-state index in [-0.39, 0.29) is 5.41 Å². The predicted octanol–water partition coefficient (Wildman–Crippen LogP) is 3.72. The molecule has 0 aliphatic heterocycles. The van der Waals surface area contributed by atoms with Crippen molar-refractivity contribution in [1.29, 1.82) is 0 Å². The molecule has 0 aliphatic carbocycles. The number of nitrogen functional groups attached to an aromatic ring is 1. The molecule has 2 aromatic rings. The van der Waals surface area contributed by atoms with Crippen molar-refractivity contribution >= 4 is 22.7 Å². The second kappa shape index (κ2) is 4.80. The molecule has 0 fully saturated rings. The first-order chi connectivity index (χ1) is 8.08. The van der Waals surface area contributed by atoms with Gasteiger partial charge in [0.1, 0.15) is 0 Å². The van der Waals surface area contributed by atoms with Gasteiger partial charge in [-0.1, -0.05) is 26.0 Å². The summed E-state index contributed by atoms with van der Waals surface area (Å²) in [5, 5.41) is 5.56. The number of benzene rings is 1. The average molecular weight is 246 g/mol. The summed E-state index contributed by atoms with van der Waals surface area (Å²) in [5.74, 6) is 0. The van der Waals surface area contributed by atoms with E-state index in [1.54, 1.807) is 11.3 Å². The van der Waals surface area contributed by atoms with E-state index in [1.807, 2.05) is 24.3 Å². The Bertz CT molecular complexity index is 475. The maximum absolute atomic E-state index is 5.75. The molecule has 2 rings (SSSR count). The Hall–Kier alpha value is -1.48. The normalized spacial score (nSPS) is 11.4. The number of hydrogen-bond donors (Lipinski definition) is 2. The molecule has 0 atom stereocenters. The van der Waals surface area contributed by atoms with Crippen LogP contribution in [0, 0.1) is 0 Å². The molecule has 2 nitrogen and oxygen atoms in total. The van der Waals surface area contributed by atoms with Gasteiger partial charge in [0.15, 0.2) is 0 Å². The molecule has 0 aliphatic rings. The van der Waals surface area contributed by atoms with Gasteiger partial charge in [-0.15, -0.1) is 11.3 Å². The second-order valence-corrected chi connectivity index (χ2v) is 5.79. The lowest BCUT2D eigenvalue weighted by Gasteiger charge is -2.24. The van der Waals surface area contributed by atoms with Crippen LogP contribution < -0.4 is 11.1 Å². The Morgan fingerprint density at radius 2 is 2.06 bits per heavy atom. The monoisotopic (exact) mass is 246 g/mol. The maximum Gasteiger partial charge on any atom is 0.0361 e. The van der Waals surface area contributed by atoms with Crippen molar-refractivity contribution < 1.29 is 0 Å². The van der Waals surface area contributed by atoms with Crippen molar-refractivity contribution in [3.8, 4) is 0 Å². The molecule has 1 heterocycles. The highest BCUT2D eigenvalue weighted by Crippen LogP contribution is 2.27. The van der Waals surface area contributed by atoms with Crippen LogP contribution in [0.4, 0.5) is 11.4 Å². The SMILES string of the molecule is CC(C)(CNc1cccc(N)c1)c1cccs1. The standard InChI is InChI=1S/C14H18N2S/c1-14(2,13-7-4-8-17-13)10-16-12-6-3-5-11(15)9-12/h3-9,16H,10,15H2,1-2H3. The van der Waals surface area contributed by atoms with Gasteiger partial charge in [0.25, 0.3) is 0 Å². The fourth-order valence-electron chi connectivity index (χ4n) is 1.72. The highest BCUT2D eigenvalue weighted by Gasteiger charge is 2.21. The fourth-order valence-corrected chi connectivity index (χ4v) is 2.57. The Morgan fingerprint density at radius 1 is 1.24 bits per heavy atom. The summed E-state index contributed by atoms with van der Waals surface area (Å²) in [6, 6.07) is 12.2. The molecular weight excluding hydrogens is 228 g/mol. The van der Waals surface area contributed by atoms with Gasteiger partial charge in [-0.2, -0.15) is 0 Å². The second-order valence-electron chi connectivity index (χ2n) is 4.84. The van der Waals surface area contributed by atoms with E-state index in [2.05, 4.69) is 36.7 Å². The largest absolute Gasteiger partial charge is 0.399 e. The van der Waals surface area contributed by atoms with Gasteiger partial charge >= 0.3 is 0 Å². The van der Waals surface area contributed by atoms with Crippen molar-refractivity contribution in [3.05, 3.63) is 46.7 Å². The minimum Gasteiger partial charge on any atom is -0.399 e. The topological polar surface area (TPSA) is 38.0 Å². The van der Waals surface area contributed by atoms with E-state index < -0.39 is 0 Å². The summed E-state index contributed by atoms with van der Waals surface area (Å²) in [6.07, 6.45) is 0. The van der Waals surface area contributed by atoms with Crippen LogP contribution in [-0.2, 0) is 5.41 Å². The molecule has 1 aromatic carbocycles. The van der Waals surface area contributed by atoms with E-state index in [9.17, 15) is 0 Å². The zero-order chi connectivity index (χ0) is 12.3. The lowest BCUT2D eigenvalue weighted by molar-refractivity contribution is 0.569. The Morgan fingerprint density at radius 3 is 2.71 bits per heavy atom. The third-order valence-corrected chi connectivity index (χ3v) is 4.05. The molecule has 0 spiro atoms. The summed E-state index contributed by atoms with van der Waals surface area (Å²) in [5.41, 5.74) is 7.77. The van der Waals surface area contributed by atoms with Gasteiger partial charge in [-0.25, -0.2) is 0 Å². The van der Waals surface area contributed by atoms with Crippen LogP contribution in [0.1, 0.15) is 18.7 Å². The third kappa shape index (κ3) is 3.01. The number of rotatable bonds is 4. The fraction of sp³-hybridized carbons (Fsp3) is 0.286. The zero-order valence-electron chi connectivity index (χ0n) is 10.2. The average Bonchev–Trinajstić information content (AvgIpc) is 2.81. The molecule has 0 bridgehead atoms. The van der Waals surface area contributed by atoms with E-state index in [0.717, 1.165) is 17.9 Å². The first kappa shape index (κ1) is 12.0. The lowest BCUT2D eigenvalue weighted by Crippen LogP contribution is -2.26. The van der Waals surface area contributed by atoms with Crippen LogP contribution in [0.2, 0.25) is 0 Å². The highest BCUT2D eigenvalue weighted by atomic mass is 32.1. The van der Waals surface area contributed by atoms with Crippen molar-refractivity contribution in [2.75, 3.05) is 17.6 Å². The van der Waals surface area contributed by atoms with Gasteiger partial charge in [-0.3, -0.25) is 0 Å². The summed E-state index contributed by atoms with van der Waals surface area (Å²) in [7, 11) is 0. The Labute approximate surface area is 106 Å². The summed E-state index contributed by atoms with van der Waals surface area (Å²) in [4.78, 5) is 1.40. The van der Waals surface area contributed by atoms with Crippen LogP contribution >= 0.6 is 11.3 Å². The molecule has 0 radical (unpaired) electrons. The minimum atomic E-state index is 0.138. The van der Waals surface area contributed by atoms with Gasteiger partial charge in [0.05, 0.1) is 0 Å². The first-order valence-corrected chi connectivity index (χ1v) is 6.59. The van der Waals surface area contributed by atoms with Crippen LogP contribution in [0.5, 0.6) is 0 Å². The molecule has 3 N–H and O–H groups in total. The molecule has 0 amide bonds. The number of nitrogens with two attached hydrogens (primary N) is 1. The molecule has 17 heavy (non-hydrogen) atoms. The molecule has 1 aromatic heterocycles. The van der Waals surface area contributed by atoms with Gasteiger partial charge in [0.2, 0.25) is 0 Å². The van der Waals surface area contributed by atoms with Crippen LogP contribution in [0.25, 0.3) is 0 Å². The number of nitrogens with one attached hydrogen (secondary N) is 1. The Kier molecular flexibility index (Phi) is 3.38. The van der Waals surface area contributed by atoms with Crippen molar-refractivity contribution in [1.82, 2.24) is 0 Å². The van der Waals surface area contributed by atoms with Gasteiger partial charge < -0.3 is 11.1 Å². The van der Waals surface area contributed by atoms with Gasteiger partial charge in [0, 0.05) is 28.2 Å². The number of thiophene rings is 1. The molecule has 90 valence electrons. The molecule has 0 saturated heterocycles. The van der Waals surface area contributed by atoms with Crippen LogP contribution in [0.15, 0.2) is 41.8 Å². The van der Waals surface area contributed by atoms with Gasteiger partial charge in [-0.05, 0) is 29.6 Å². The third-order valence-electron chi connectivity index (χ3n) is 2.81. The Balaban J connectivity index is 2.03. The molecule has 0 saturated carbocycles. The number of hydrogen-bond acceptors (Lipinski definition) is 3. The summed E-state index contributed by atoms with van der Waals surface area (Å²) < 4.78 is 0. The van der Waals surface area contributed by atoms with E-state index in [0.29, 0.717) is 0 Å². The van der Waals surface area contributed by atoms with Crippen LogP contribution in [-0.4, -0.2) is 6.54 Å². The predicted molar refractivity (Wildman–Crippen MR) is 76.7 cm³/mol. The molecule has 0 unspecified atom stereocenters. The quantitative estimate of drug-likeness (QED) is 0.807. The van der Waals surface area contributed by atoms with E-state index >= 15 is 0 Å². The first-order valence-electron chi connectivity index (χ1n) is 5.71. The van der Waals surface area contributed by atoms with E-state index in [4.69, 9.17) is 5.73 Å². The smallest absolute Gasteiger partial charge is 0.0361 e. The van der Waals surface area contributed by atoms with Crippen molar-refractivity contribution in [2.45, 2.75) is 19.3 Å². The maximum atomic E-state index is 5.75. The summed E-state index contributed by atoms with van der Waals surface area (Å²) in [6.45, 7) is 5.40.